The Morgan fingerprint density at radius 2 is 0.482 bits per heavy atom. The normalized spacial score (nSPS) is 14.7. The van der Waals surface area contributed by atoms with Crippen LogP contribution in [0.1, 0.15) is 310 Å². The van der Waals surface area contributed by atoms with Gasteiger partial charge < -0.3 is 33.8 Å². The largest absolute Gasteiger partial charge is 0.472 e. The standard InChI is InChI=1S/C91H148O17P2/c1-5-9-13-17-21-25-29-33-37-40-42-45-48-51-55-59-63-67-71-75-88(93)101-81-86(107-90(95)77-73-69-65-61-57-53-47-36-32-28-24-20-16-12-8-4)83-105-109(97,98)103-79-85(92)80-104-110(99,100)106-84-87(108-91(96)78-74-70-66-62-58-54-50-44-39-35-31-27-23-19-15-11-7-3)82-102-89(94)76-72-68-64-60-56-52-49-46-43-41-38-34-30-26-22-18-14-10-6-2/h9-10,13-14,21-23,25-27,33-39,42-43,45-47,50-52,54-56,62,66,85-87,92H,5-8,11-12,15-20,24,28-32,40-41,44,48-49,53,57-61,63-65,67-84H2,1-4H3,(H,97,98)(H,99,100)/b13-9-,14-10-,25-21-,26-22-,27-23-,37-33-,38-34-,39-35-,45-42-,46-43-,47-36-,54-50-,55-51-,56-52-,66-62-/t85-,86+,87+/m0/s1. The van der Waals surface area contributed by atoms with Crippen molar-refractivity contribution in [2.24, 2.45) is 0 Å². The second kappa shape index (κ2) is 81.2. The van der Waals surface area contributed by atoms with Crippen molar-refractivity contribution in [3.05, 3.63) is 182 Å². The van der Waals surface area contributed by atoms with Gasteiger partial charge in [0.15, 0.2) is 12.2 Å². The summed E-state index contributed by atoms with van der Waals surface area (Å²) in [4.78, 5) is 73.2. The maximum absolute atomic E-state index is 13.1. The fourth-order valence-electron chi connectivity index (χ4n) is 10.5. The highest BCUT2D eigenvalue weighted by Crippen LogP contribution is 2.45. The minimum Gasteiger partial charge on any atom is -0.462 e. The molecule has 0 spiro atoms. The van der Waals surface area contributed by atoms with E-state index in [-0.39, 0.29) is 25.7 Å². The number of carbonyl (C=O) groups is 4. The Kier molecular flexibility index (Phi) is 76.9. The zero-order valence-electron chi connectivity index (χ0n) is 68.4. The van der Waals surface area contributed by atoms with Crippen LogP contribution in [0.15, 0.2) is 182 Å². The number of esters is 4. The van der Waals surface area contributed by atoms with Crippen LogP contribution in [-0.2, 0) is 65.4 Å². The Labute approximate surface area is 666 Å². The molecule has 0 fully saturated rings. The highest BCUT2D eigenvalue weighted by molar-refractivity contribution is 7.47. The zero-order valence-corrected chi connectivity index (χ0v) is 70.1. The van der Waals surface area contributed by atoms with Crippen LogP contribution in [0.2, 0.25) is 0 Å². The van der Waals surface area contributed by atoms with E-state index < -0.39 is 97.5 Å². The van der Waals surface area contributed by atoms with Gasteiger partial charge in [-0.15, -0.1) is 0 Å². The molecule has 0 heterocycles. The van der Waals surface area contributed by atoms with E-state index in [9.17, 15) is 43.2 Å². The van der Waals surface area contributed by atoms with Crippen molar-refractivity contribution in [1.29, 1.82) is 0 Å². The van der Waals surface area contributed by atoms with E-state index in [2.05, 4.69) is 198 Å². The molecule has 0 aromatic heterocycles. The third-order valence-corrected chi connectivity index (χ3v) is 18.7. The summed E-state index contributed by atoms with van der Waals surface area (Å²) in [6.45, 7) is 4.47. The summed E-state index contributed by atoms with van der Waals surface area (Å²) in [6.07, 6.45) is 98.7. The van der Waals surface area contributed by atoms with Crippen LogP contribution in [0.4, 0.5) is 0 Å². The molecule has 0 saturated carbocycles. The van der Waals surface area contributed by atoms with Crippen molar-refractivity contribution in [3.63, 3.8) is 0 Å². The van der Waals surface area contributed by atoms with Gasteiger partial charge in [-0.1, -0.05) is 287 Å². The number of phosphoric acid groups is 2. The van der Waals surface area contributed by atoms with Crippen molar-refractivity contribution >= 4 is 39.5 Å². The Morgan fingerprint density at radius 1 is 0.264 bits per heavy atom. The third kappa shape index (κ3) is 80.2. The SMILES string of the molecule is CC/C=C\C/C=C\C/C=C\C/C=C\C/C=C\CCCCCC(=O)OC[C@H](COP(=O)(O)OC[C@@H](O)COP(=O)(O)OC[C@@H](COC(=O)CCCCC/C=C\C/C=C\C/C=C\C/C=C\C/C=C\CC)OC(=O)CCCCCCC/C=C\CCCCCCCC)OC(=O)CCC/C=C\C/C=C\C/C=C\C/C=C\CCCCC. The molecule has 624 valence electrons. The van der Waals surface area contributed by atoms with Gasteiger partial charge in [0.1, 0.15) is 19.3 Å². The van der Waals surface area contributed by atoms with Crippen LogP contribution in [0.5, 0.6) is 0 Å². The highest BCUT2D eigenvalue weighted by atomic mass is 31.2. The monoisotopic (exact) mass is 1580 g/mol. The van der Waals surface area contributed by atoms with E-state index in [1.807, 2.05) is 12.2 Å². The summed E-state index contributed by atoms with van der Waals surface area (Å²) in [7, 11) is -10.0. The second-order valence-electron chi connectivity index (χ2n) is 27.3. The molecule has 0 aromatic carbocycles. The first-order valence-electron chi connectivity index (χ1n) is 42.0. The Morgan fingerprint density at radius 3 is 0.800 bits per heavy atom. The molecular weight excluding hydrogens is 1430 g/mol. The predicted octanol–water partition coefficient (Wildman–Crippen LogP) is 25.1. The van der Waals surface area contributed by atoms with Gasteiger partial charge in [-0.25, -0.2) is 9.13 Å². The number of rotatable bonds is 77. The lowest BCUT2D eigenvalue weighted by atomic mass is 10.1. The molecular formula is C91H148O17P2. The van der Waals surface area contributed by atoms with Crippen molar-refractivity contribution in [1.82, 2.24) is 0 Å². The van der Waals surface area contributed by atoms with Crippen LogP contribution in [0, 0.1) is 0 Å². The first-order chi connectivity index (χ1) is 53.7. The Bertz CT molecular complexity index is 2800. The molecule has 0 rings (SSSR count). The summed E-state index contributed by atoms with van der Waals surface area (Å²) in [5.74, 6) is -2.33. The molecule has 5 atom stereocenters. The first-order valence-corrected chi connectivity index (χ1v) is 45.0. The van der Waals surface area contributed by atoms with Gasteiger partial charge in [0.2, 0.25) is 0 Å². The molecule has 0 aliphatic rings. The summed E-state index contributed by atoms with van der Waals surface area (Å²) < 4.78 is 68.6. The summed E-state index contributed by atoms with van der Waals surface area (Å²) >= 11 is 0. The quantitative estimate of drug-likeness (QED) is 0.0169. The summed E-state index contributed by atoms with van der Waals surface area (Å²) in [5, 5.41) is 10.7. The first kappa shape index (κ1) is 104. The number of hydrogen-bond donors (Lipinski definition) is 3. The third-order valence-electron chi connectivity index (χ3n) is 16.8. The molecule has 2 unspecified atom stereocenters. The molecule has 19 heteroatoms. The fourth-order valence-corrected chi connectivity index (χ4v) is 12.1. The number of aliphatic hydroxyl groups excluding tert-OH is 1. The maximum atomic E-state index is 13.1. The summed E-state index contributed by atoms with van der Waals surface area (Å²) in [6, 6.07) is 0. The minimum absolute atomic E-state index is 0.00395. The zero-order chi connectivity index (χ0) is 80.3. The Balaban J connectivity index is 5.51. The number of ether oxygens (including phenoxy) is 4. The molecule has 17 nitrogen and oxygen atoms in total. The van der Waals surface area contributed by atoms with Crippen LogP contribution in [0.25, 0.3) is 0 Å². The number of phosphoric ester groups is 2. The molecule has 0 aliphatic carbocycles. The smallest absolute Gasteiger partial charge is 0.462 e. The lowest BCUT2D eigenvalue weighted by Gasteiger charge is -2.21. The average molecular weight is 1580 g/mol. The van der Waals surface area contributed by atoms with Crippen LogP contribution in [0.3, 0.4) is 0 Å². The molecule has 0 amide bonds. The van der Waals surface area contributed by atoms with Crippen molar-refractivity contribution in [3.8, 4) is 0 Å². The van der Waals surface area contributed by atoms with Gasteiger partial charge >= 0.3 is 39.5 Å². The van der Waals surface area contributed by atoms with Crippen molar-refractivity contribution in [2.75, 3.05) is 39.6 Å². The predicted molar refractivity (Wildman–Crippen MR) is 454 cm³/mol. The van der Waals surface area contributed by atoms with Gasteiger partial charge in [-0.2, -0.15) is 0 Å². The van der Waals surface area contributed by atoms with Crippen LogP contribution >= 0.6 is 15.6 Å². The Hall–Kier alpha value is -5.84. The van der Waals surface area contributed by atoms with Gasteiger partial charge in [0.25, 0.3) is 0 Å². The van der Waals surface area contributed by atoms with E-state index in [4.69, 9.17) is 37.0 Å². The van der Waals surface area contributed by atoms with Crippen LogP contribution in [-0.4, -0.2) is 96.7 Å². The van der Waals surface area contributed by atoms with E-state index in [0.29, 0.717) is 32.1 Å². The van der Waals surface area contributed by atoms with Crippen molar-refractivity contribution in [2.45, 2.75) is 329 Å². The molecule has 0 aromatic rings. The lowest BCUT2D eigenvalue weighted by Crippen LogP contribution is -2.30. The topological polar surface area (TPSA) is 237 Å². The average Bonchev–Trinajstić information content (AvgIpc) is 0.906. The van der Waals surface area contributed by atoms with Crippen LogP contribution < -0.4 is 0 Å². The lowest BCUT2D eigenvalue weighted by molar-refractivity contribution is -0.161. The molecule has 0 radical (unpaired) electrons. The van der Waals surface area contributed by atoms with E-state index in [1.54, 1.807) is 0 Å². The van der Waals surface area contributed by atoms with Gasteiger partial charge in [0.05, 0.1) is 26.4 Å². The number of unbranched alkanes of at least 4 members (excludes halogenated alkanes) is 21. The van der Waals surface area contributed by atoms with Gasteiger partial charge in [0, 0.05) is 25.7 Å². The van der Waals surface area contributed by atoms with E-state index in [0.717, 1.165) is 167 Å². The van der Waals surface area contributed by atoms with E-state index >= 15 is 0 Å². The molecule has 0 aliphatic heterocycles. The number of aliphatic hydroxyl groups is 1. The second-order valence-corrected chi connectivity index (χ2v) is 30.2. The van der Waals surface area contributed by atoms with E-state index in [1.165, 1.54) is 57.8 Å². The molecule has 110 heavy (non-hydrogen) atoms. The maximum Gasteiger partial charge on any atom is 0.472 e. The van der Waals surface area contributed by atoms with Gasteiger partial charge in [-0.05, 0) is 180 Å². The number of carbonyl (C=O) groups excluding carboxylic acids is 4. The number of allylic oxidation sites excluding steroid dienone is 30. The van der Waals surface area contributed by atoms with Crippen molar-refractivity contribution < 1.29 is 80.2 Å². The molecule has 3 N–H and O–H groups in total. The van der Waals surface area contributed by atoms with Gasteiger partial charge in [-0.3, -0.25) is 37.3 Å². The summed E-state index contributed by atoms with van der Waals surface area (Å²) in [5.41, 5.74) is 0. The highest BCUT2D eigenvalue weighted by Gasteiger charge is 2.30. The number of hydrogen-bond acceptors (Lipinski definition) is 15. The molecule has 0 bridgehead atoms. The fraction of sp³-hybridized carbons (Fsp3) is 0.626. The minimum atomic E-state index is -5.01. The molecule has 0 saturated heterocycles.